The van der Waals surface area contributed by atoms with Gasteiger partial charge in [-0.15, -0.1) is 10.2 Å². The van der Waals surface area contributed by atoms with Gasteiger partial charge in [-0.1, -0.05) is 47.7 Å². The lowest BCUT2D eigenvalue weighted by atomic mass is 10.0. The molecule has 140 valence electrons. The van der Waals surface area contributed by atoms with Crippen molar-refractivity contribution < 1.29 is 9.18 Å². The molecule has 1 atom stereocenters. The number of aromatic nitrogens is 2. The summed E-state index contributed by atoms with van der Waals surface area (Å²) in [6.07, 6.45) is 0. The number of hydrogen-bond acceptors (Lipinski definition) is 4. The van der Waals surface area contributed by atoms with Gasteiger partial charge in [0.25, 0.3) is 0 Å². The van der Waals surface area contributed by atoms with Gasteiger partial charge < -0.3 is 10.2 Å². The number of halogens is 1. The third-order valence-corrected chi connectivity index (χ3v) is 5.04. The Kier molecular flexibility index (Phi) is 5.81. The molecular weight excluding hydrogens is 363 g/mol. The fourth-order valence-electron chi connectivity index (χ4n) is 2.66. The number of carbonyl (C=O) groups is 1. The Morgan fingerprint density at radius 1 is 1.11 bits per heavy atom. The number of nitrogens with one attached hydrogen (secondary N) is 1. The van der Waals surface area contributed by atoms with E-state index in [1.807, 2.05) is 38.1 Å². The van der Waals surface area contributed by atoms with Crippen LogP contribution in [0.5, 0.6) is 0 Å². The van der Waals surface area contributed by atoms with Crippen LogP contribution < -0.4 is 5.32 Å². The summed E-state index contributed by atoms with van der Waals surface area (Å²) in [5.74, 6) is -0.250. The third kappa shape index (κ3) is 4.89. The quantitative estimate of drug-likeness (QED) is 0.702. The van der Waals surface area contributed by atoms with Crippen LogP contribution in [0.2, 0.25) is 0 Å². The molecule has 0 saturated heterocycles. The van der Waals surface area contributed by atoms with Gasteiger partial charge in [-0.25, -0.2) is 9.18 Å². The summed E-state index contributed by atoms with van der Waals surface area (Å²) in [5.41, 5.74) is 2.95. The zero-order valence-electron chi connectivity index (χ0n) is 15.4. The van der Waals surface area contributed by atoms with Crippen molar-refractivity contribution in [1.82, 2.24) is 20.4 Å². The Balaban J connectivity index is 1.60. The molecule has 0 fully saturated rings. The Hall–Kier alpha value is -2.80. The number of nitrogens with zero attached hydrogens (tertiary/aromatic N) is 3. The maximum atomic E-state index is 13.0. The van der Waals surface area contributed by atoms with Gasteiger partial charge in [-0.2, -0.15) is 0 Å². The maximum Gasteiger partial charge on any atom is 0.317 e. The van der Waals surface area contributed by atoms with E-state index in [9.17, 15) is 9.18 Å². The third-order valence-electron chi connectivity index (χ3n) is 4.22. The van der Waals surface area contributed by atoms with Crippen LogP contribution in [-0.2, 0) is 6.54 Å². The van der Waals surface area contributed by atoms with E-state index in [2.05, 4.69) is 15.5 Å². The van der Waals surface area contributed by atoms with Crippen LogP contribution in [0.4, 0.5) is 9.18 Å². The molecule has 0 radical (unpaired) electrons. The van der Waals surface area contributed by atoms with E-state index in [1.165, 1.54) is 23.5 Å². The second-order valence-electron chi connectivity index (χ2n) is 6.37. The van der Waals surface area contributed by atoms with Crippen LogP contribution in [0.25, 0.3) is 11.1 Å². The fraction of sp³-hybridized carbons (Fsp3) is 0.250. The molecule has 0 bridgehead atoms. The van der Waals surface area contributed by atoms with Gasteiger partial charge in [0.05, 0.1) is 12.6 Å². The highest BCUT2D eigenvalue weighted by molar-refractivity contribution is 7.11. The summed E-state index contributed by atoms with van der Waals surface area (Å²) in [5, 5.41) is 12.7. The van der Waals surface area contributed by atoms with E-state index in [-0.39, 0.29) is 17.9 Å². The minimum Gasteiger partial charge on any atom is -0.331 e. The van der Waals surface area contributed by atoms with E-state index >= 15 is 0 Å². The molecule has 0 aliphatic heterocycles. The van der Waals surface area contributed by atoms with Crippen LogP contribution in [0, 0.1) is 12.7 Å². The van der Waals surface area contributed by atoms with Crippen LogP contribution in [-0.4, -0.2) is 28.2 Å². The molecule has 3 rings (SSSR count). The molecule has 0 saturated carbocycles. The average molecular weight is 384 g/mol. The summed E-state index contributed by atoms with van der Waals surface area (Å²) in [6, 6.07) is 14.0. The predicted octanol–water partition coefficient (Wildman–Crippen LogP) is 4.56. The second kappa shape index (κ2) is 8.26. The van der Waals surface area contributed by atoms with Crippen molar-refractivity contribution in [3.05, 3.63) is 69.9 Å². The highest BCUT2D eigenvalue weighted by atomic mass is 32.1. The first-order valence-corrected chi connectivity index (χ1v) is 9.40. The number of benzene rings is 2. The Labute approximate surface area is 161 Å². The van der Waals surface area contributed by atoms with Crippen LogP contribution in [0.1, 0.15) is 28.5 Å². The molecule has 27 heavy (non-hydrogen) atoms. The van der Waals surface area contributed by atoms with Gasteiger partial charge in [-0.3, -0.25) is 0 Å². The van der Waals surface area contributed by atoms with E-state index in [1.54, 1.807) is 24.1 Å². The first-order valence-electron chi connectivity index (χ1n) is 8.59. The summed E-state index contributed by atoms with van der Waals surface area (Å²) >= 11 is 1.48. The SMILES string of the molecule is Cc1nnc(CN(C)C(=O)NC(C)c2ccc(-c3ccc(F)cc3)cc2)s1. The van der Waals surface area contributed by atoms with Gasteiger partial charge in [-0.05, 0) is 42.7 Å². The number of rotatable bonds is 5. The zero-order valence-corrected chi connectivity index (χ0v) is 16.3. The lowest BCUT2D eigenvalue weighted by Crippen LogP contribution is -2.38. The van der Waals surface area contributed by atoms with Gasteiger partial charge in [0.1, 0.15) is 15.8 Å². The molecule has 0 aliphatic rings. The number of carbonyl (C=O) groups excluding carboxylic acids is 1. The largest absolute Gasteiger partial charge is 0.331 e. The van der Waals surface area contributed by atoms with Crippen molar-refractivity contribution in [2.75, 3.05) is 7.05 Å². The highest BCUT2D eigenvalue weighted by Crippen LogP contribution is 2.22. The topological polar surface area (TPSA) is 58.1 Å². The number of amides is 2. The molecular formula is C20H21FN4OS. The Morgan fingerprint density at radius 3 is 2.26 bits per heavy atom. The first kappa shape index (κ1) is 19.0. The zero-order chi connectivity index (χ0) is 19.4. The van der Waals surface area contributed by atoms with Crippen molar-refractivity contribution in [1.29, 1.82) is 0 Å². The first-order chi connectivity index (χ1) is 12.9. The summed E-state index contributed by atoms with van der Waals surface area (Å²) in [6.45, 7) is 4.25. The van der Waals surface area contributed by atoms with E-state index in [4.69, 9.17) is 0 Å². The summed E-state index contributed by atoms with van der Waals surface area (Å²) in [7, 11) is 1.73. The summed E-state index contributed by atoms with van der Waals surface area (Å²) < 4.78 is 13.0. The van der Waals surface area contributed by atoms with Crippen molar-refractivity contribution >= 4 is 17.4 Å². The molecule has 0 aliphatic carbocycles. The molecule has 1 aromatic heterocycles. The predicted molar refractivity (Wildman–Crippen MR) is 105 cm³/mol. The van der Waals surface area contributed by atoms with E-state index in [0.29, 0.717) is 6.54 Å². The monoisotopic (exact) mass is 384 g/mol. The maximum absolute atomic E-state index is 13.0. The van der Waals surface area contributed by atoms with Gasteiger partial charge in [0.15, 0.2) is 0 Å². The normalized spacial score (nSPS) is 11.9. The Bertz CT molecular complexity index is 908. The van der Waals surface area contributed by atoms with Gasteiger partial charge >= 0.3 is 6.03 Å². The van der Waals surface area contributed by atoms with E-state index < -0.39 is 0 Å². The number of aryl methyl sites for hydroxylation is 1. The average Bonchev–Trinajstić information content (AvgIpc) is 3.07. The van der Waals surface area contributed by atoms with Gasteiger partial charge in [0.2, 0.25) is 0 Å². The van der Waals surface area contributed by atoms with Crippen molar-refractivity contribution in [2.24, 2.45) is 0 Å². The molecule has 5 nitrogen and oxygen atoms in total. The number of urea groups is 1. The van der Waals surface area contributed by atoms with Crippen LogP contribution in [0.15, 0.2) is 48.5 Å². The van der Waals surface area contributed by atoms with Crippen molar-refractivity contribution in [3.63, 3.8) is 0 Å². The smallest absolute Gasteiger partial charge is 0.317 e. The molecule has 2 aromatic carbocycles. The fourth-order valence-corrected chi connectivity index (χ4v) is 3.42. The van der Waals surface area contributed by atoms with Crippen molar-refractivity contribution in [2.45, 2.75) is 26.4 Å². The molecule has 3 aromatic rings. The minimum atomic E-state index is -0.250. The van der Waals surface area contributed by atoms with Crippen LogP contribution in [0.3, 0.4) is 0 Å². The minimum absolute atomic E-state index is 0.140. The molecule has 7 heteroatoms. The highest BCUT2D eigenvalue weighted by Gasteiger charge is 2.15. The number of hydrogen-bond donors (Lipinski definition) is 1. The van der Waals surface area contributed by atoms with Gasteiger partial charge in [0, 0.05) is 7.05 Å². The molecule has 0 spiro atoms. The molecule has 1 heterocycles. The standard InChI is InChI=1S/C20H21FN4OS/c1-13(22-20(26)25(3)12-19-24-23-14(2)27-19)15-4-6-16(7-5-15)17-8-10-18(21)11-9-17/h4-11,13H,12H2,1-3H3,(H,22,26). The second-order valence-corrected chi connectivity index (χ2v) is 7.64. The lowest BCUT2D eigenvalue weighted by molar-refractivity contribution is 0.203. The van der Waals surface area contributed by atoms with E-state index in [0.717, 1.165) is 26.7 Å². The lowest BCUT2D eigenvalue weighted by Gasteiger charge is -2.21. The van der Waals surface area contributed by atoms with Crippen molar-refractivity contribution in [3.8, 4) is 11.1 Å². The molecule has 2 amide bonds. The molecule has 1 N–H and O–H groups in total. The molecule has 1 unspecified atom stereocenters. The Morgan fingerprint density at radius 2 is 1.70 bits per heavy atom. The summed E-state index contributed by atoms with van der Waals surface area (Å²) in [4.78, 5) is 14.0. The van der Waals surface area contributed by atoms with Crippen LogP contribution >= 0.6 is 11.3 Å².